The Morgan fingerprint density at radius 3 is 2.29 bits per heavy atom. The molecule has 6 nitrogen and oxygen atoms in total. The molecule has 0 radical (unpaired) electrons. The number of esters is 1. The summed E-state index contributed by atoms with van der Waals surface area (Å²) in [6.45, 7) is 19.8. The summed E-state index contributed by atoms with van der Waals surface area (Å²) in [6.07, 6.45) is 10.7. The number of fused-ring (bicyclic) bond motifs is 2. The van der Waals surface area contributed by atoms with Crippen molar-refractivity contribution in [3.63, 3.8) is 0 Å². The van der Waals surface area contributed by atoms with Crippen LogP contribution in [0.25, 0.3) is 23.1 Å². The van der Waals surface area contributed by atoms with Crippen LogP contribution in [-0.4, -0.2) is 35.0 Å². The highest BCUT2D eigenvalue weighted by molar-refractivity contribution is 6.00. The molecule has 6 heteroatoms. The number of H-pyrrole nitrogens is 2. The molecule has 2 heterocycles. The van der Waals surface area contributed by atoms with Crippen molar-refractivity contribution in [1.82, 2.24) is 15.3 Å². The molecule has 0 spiro atoms. The number of carbonyl (C=O) groups is 2. The van der Waals surface area contributed by atoms with Crippen LogP contribution in [0, 0.1) is 11.8 Å². The van der Waals surface area contributed by atoms with Gasteiger partial charge in [0.25, 0.3) is 5.91 Å². The largest absolute Gasteiger partial charge is 0.463 e. The van der Waals surface area contributed by atoms with Gasteiger partial charge in [-0.15, -0.1) is 0 Å². The van der Waals surface area contributed by atoms with Crippen molar-refractivity contribution in [2.45, 2.75) is 87.5 Å². The first-order valence-electron chi connectivity index (χ1n) is 15.3. The number of benzene rings is 1. The highest BCUT2D eigenvalue weighted by Gasteiger charge is 2.20. The summed E-state index contributed by atoms with van der Waals surface area (Å²) in [4.78, 5) is 31.0. The van der Waals surface area contributed by atoms with Gasteiger partial charge in [0.15, 0.2) is 0 Å². The van der Waals surface area contributed by atoms with E-state index in [0.717, 1.165) is 56.6 Å². The molecule has 2 unspecified atom stereocenters. The maximum absolute atomic E-state index is 12.4. The lowest BCUT2D eigenvalue weighted by molar-refractivity contribution is -0.138. The fourth-order valence-corrected chi connectivity index (χ4v) is 4.68. The van der Waals surface area contributed by atoms with Crippen LogP contribution in [0.5, 0.6) is 0 Å². The monoisotopic (exact) mass is 567 g/mol. The van der Waals surface area contributed by atoms with Gasteiger partial charge in [-0.2, -0.15) is 0 Å². The van der Waals surface area contributed by atoms with Crippen molar-refractivity contribution in [3.8, 4) is 0 Å². The molecular weight excluding hydrogens is 510 g/mol. The van der Waals surface area contributed by atoms with E-state index in [2.05, 4.69) is 75.0 Å². The molecule has 1 aromatic carbocycles. The van der Waals surface area contributed by atoms with E-state index >= 15 is 0 Å². The van der Waals surface area contributed by atoms with E-state index in [9.17, 15) is 9.59 Å². The second kappa shape index (κ2) is 16.7. The number of ether oxygens (including phenoxy) is 1. The first-order valence-corrected chi connectivity index (χ1v) is 15.3. The molecule has 0 bridgehead atoms. The molecule has 2 atom stereocenters. The predicted molar refractivity (Wildman–Crippen MR) is 179 cm³/mol. The third-order valence-corrected chi connectivity index (χ3v) is 7.43. The summed E-state index contributed by atoms with van der Waals surface area (Å²) in [7, 11) is 0. The number of hydrogen-bond acceptors (Lipinski definition) is 3. The molecule has 0 saturated carbocycles. The van der Waals surface area contributed by atoms with E-state index in [1.807, 2.05) is 51.4 Å². The highest BCUT2D eigenvalue weighted by Crippen LogP contribution is 2.28. The Morgan fingerprint density at radius 1 is 0.976 bits per heavy atom. The third kappa shape index (κ3) is 8.97. The molecule has 0 aliphatic heterocycles. The van der Waals surface area contributed by atoms with Crippen LogP contribution in [0.15, 0.2) is 47.8 Å². The third-order valence-electron chi connectivity index (χ3n) is 7.43. The van der Waals surface area contributed by atoms with Crippen molar-refractivity contribution in [2.75, 3.05) is 13.2 Å². The summed E-state index contributed by atoms with van der Waals surface area (Å²) < 4.78 is 5.19. The smallest absolute Gasteiger partial charge is 0.334 e. The minimum absolute atomic E-state index is 0. The lowest BCUT2D eigenvalue weighted by Gasteiger charge is -2.16. The lowest BCUT2D eigenvalue weighted by atomic mass is 9.92. The maximum Gasteiger partial charge on any atom is 0.334 e. The summed E-state index contributed by atoms with van der Waals surface area (Å²) in [6, 6.07) is 8.17. The molecule has 41 heavy (non-hydrogen) atoms. The zero-order valence-electron chi connectivity index (χ0n) is 26.6. The fourth-order valence-electron chi connectivity index (χ4n) is 4.68. The number of aromatic amines is 2. The molecule has 2 aromatic heterocycles. The molecule has 1 aliphatic carbocycles. The van der Waals surface area contributed by atoms with Gasteiger partial charge in [-0.3, -0.25) is 4.79 Å². The molecule has 4 rings (SSSR count). The molecule has 0 saturated heterocycles. The first-order chi connectivity index (χ1) is 19.7. The van der Waals surface area contributed by atoms with Crippen molar-refractivity contribution >= 4 is 34.9 Å². The van der Waals surface area contributed by atoms with Gasteiger partial charge < -0.3 is 20.0 Å². The van der Waals surface area contributed by atoms with Gasteiger partial charge >= 0.3 is 5.97 Å². The van der Waals surface area contributed by atoms with Crippen molar-refractivity contribution in [2.24, 2.45) is 11.8 Å². The number of rotatable bonds is 9. The second-order valence-corrected chi connectivity index (χ2v) is 10.8. The Bertz CT molecular complexity index is 1440. The number of carbonyl (C=O) groups excluding carboxylic acids is 2. The Balaban J connectivity index is 0. The zero-order chi connectivity index (χ0) is 30.5. The van der Waals surface area contributed by atoms with Crippen LogP contribution >= 0.6 is 0 Å². The molecule has 230 valence electrons. The van der Waals surface area contributed by atoms with Crippen molar-refractivity contribution in [3.05, 3.63) is 69.5 Å². The Kier molecular flexibility index (Phi) is 13.7. The summed E-state index contributed by atoms with van der Waals surface area (Å²) in [5, 5.41) is 6.35. The van der Waals surface area contributed by atoms with Gasteiger partial charge in [0, 0.05) is 50.6 Å². The van der Waals surface area contributed by atoms with Crippen LogP contribution in [0.4, 0.5) is 0 Å². The highest BCUT2D eigenvalue weighted by atomic mass is 16.5. The first kappa shape index (κ1) is 33.7. The number of aromatic nitrogens is 2. The minimum atomic E-state index is -0.185. The van der Waals surface area contributed by atoms with E-state index in [-0.39, 0.29) is 16.2 Å². The molecule has 1 amide bonds. The van der Waals surface area contributed by atoms with Gasteiger partial charge in [-0.05, 0) is 90.6 Å². The number of allylic oxidation sites excluding steroid dienone is 1. The average Bonchev–Trinajstić information content (AvgIpc) is 3.60. The maximum atomic E-state index is 12.4. The van der Waals surface area contributed by atoms with E-state index in [0.29, 0.717) is 37.3 Å². The quantitative estimate of drug-likeness (QED) is 0.231. The van der Waals surface area contributed by atoms with Crippen molar-refractivity contribution < 1.29 is 18.6 Å². The van der Waals surface area contributed by atoms with Crippen molar-refractivity contribution in [1.29, 1.82) is 0 Å². The van der Waals surface area contributed by atoms with E-state index in [4.69, 9.17) is 4.74 Å². The van der Waals surface area contributed by atoms with E-state index in [1.165, 1.54) is 0 Å². The Morgan fingerprint density at radius 2 is 1.66 bits per heavy atom. The average molecular weight is 568 g/mol. The Hall–Kier alpha value is -3.54. The van der Waals surface area contributed by atoms with Gasteiger partial charge in [-0.1, -0.05) is 61.5 Å². The fraction of sp³-hybridized carbons (Fsp3) is 0.486. The summed E-state index contributed by atoms with van der Waals surface area (Å²) in [5.41, 5.74) is 4.93. The number of hydrogen-bond donors (Lipinski definition) is 3. The van der Waals surface area contributed by atoms with Crippen LogP contribution in [0.2, 0.25) is 0 Å². The van der Waals surface area contributed by atoms with E-state index in [1.54, 1.807) is 0 Å². The van der Waals surface area contributed by atoms with Gasteiger partial charge in [0.2, 0.25) is 0 Å². The number of nitrogens with one attached hydrogen (secondary N) is 3. The normalized spacial score (nSPS) is 13.8. The topological polar surface area (TPSA) is 87.0 Å². The van der Waals surface area contributed by atoms with Crippen LogP contribution in [0.1, 0.15) is 108 Å². The SMILES string of the molecule is CC.CCC(C)c1cc2[nH]ccc2cc1C(=O)NCC(C)C.CCOC(=O)C1=C(C(C)CC)C=c2[nH]ccc2=CC1.[HH].[HH].[HH]. The number of amides is 1. The molecular formula is C35H57N3O3. The second-order valence-electron chi connectivity index (χ2n) is 10.8. The summed E-state index contributed by atoms with van der Waals surface area (Å²) in [5.74, 6) is 1.04. The van der Waals surface area contributed by atoms with E-state index < -0.39 is 0 Å². The lowest BCUT2D eigenvalue weighted by Crippen LogP contribution is -2.28. The minimum Gasteiger partial charge on any atom is -0.463 e. The zero-order valence-corrected chi connectivity index (χ0v) is 26.6. The molecule has 3 aromatic rings. The standard InChI is InChI=1S/C17H24N2O.C16H21NO2.C2H6.3H2/c1-5-12(4)14-9-16-13(6-7-18-16)8-15(14)17(20)19-10-11(2)3;1-4-11(3)14-10-15-12(8-9-17-15)6-7-13(14)16(18)19-5-2;1-2;;;/h6-9,11-12,18H,5,10H2,1-4H3,(H,19,20);6,8-11,17H,4-5,7H2,1-3H3;1-2H3;3*1H. The molecule has 1 aliphatic rings. The van der Waals surface area contributed by atoms with Gasteiger partial charge in [0.05, 0.1) is 6.61 Å². The predicted octanol–water partition coefficient (Wildman–Crippen LogP) is 7.72. The van der Waals surface area contributed by atoms with Crippen LogP contribution in [-0.2, 0) is 9.53 Å². The van der Waals surface area contributed by atoms with Crippen LogP contribution in [0.3, 0.4) is 0 Å². The molecule has 3 N–H and O–H groups in total. The summed E-state index contributed by atoms with van der Waals surface area (Å²) >= 11 is 0. The van der Waals surface area contributed by atoms with Gasteiger partial charge in [0.1, 0.15) is 0 Å². The van der Waals surface area contributed by atoms with Gasteiger partial charge in [-0.25, -0.2) is 4.79 Å². The molecule has 0 fully saturated rings. The van der Waals surface area contributed by atoms with Crippen LogP contribution < -0.4 is 15.9 Å². The Labute approximate surface area is 250 Å².